The van der Waals surface area contributed by atoms with Gasteiger partial charge in [0.1, 0.15) is 13.2 Å². The fraction of sp³-hybridized carbons (Fsp3) is 0.948. The Labute approximate surface area is 399 Å². The van der Waals surface area contributed by atoms with Crippen molar-refractivity contribution >= 4 is 17.9 Å². The van der Waals surface area contributed by atoms with Crippen LogP contribution in [-0.2, 0) is 28.6 Å². The second kappa shape index (κ2) is 54.0. The van der Waals surface area contributed by atoms with E-state index in [2.05, 4.69) is 20.8 Å². The molecule has 0 rings (SSSR count). The Hall–Kier alpha value is -1.59. The van der Waals surface area contributed by atoms with Gasteiger partial charge in [-0.3, -0.25) is 14.4 Å². The van der Waals surface area contributed by atoms with Crippen LogP contribution in [0.5, 0.6) is 0 Å². The van der Waals surface area contributed by atoms with E-state index in [9.17, 15) is 14.4 Å². The van der Waals surface area contributed by atoms with Crippen LogP contribution >= 0.6 is 0 Å². The molecule has 0 aromatic carbocycles. The summed E-state index contributed by atoms with van der Waals surface area (Å²) in [5.74, 6) is -0.832. The molecule has 0 bridgehead atoms. The van der Waals surface area contributed by atoms with Crippen LogP contribution in [0.4, 0.5) is 0 Å². The van der Waals surface area contributed by atoms with Crippen molar-refractivity contribution in [1.29, 1.82) is 0 Å². The van der Waals surface area contributed by atoms with Gasteiger partial charge in [-0.1, -0.05) is 297 Å². The lowest BCUT2D eigenvalue weighted by Gasteiger charge is -2.18. The molecule has 0 unspecified atom stereocenters. The number of ether oxygens (including phenoxy) is 3. The average Bonchev–Trinajstić information content (AvgIpc) is 3.29. The van der Waals surface area contributed by atoms with Gasteiger partial charge in [0.15, 0.2) is 6.10 Å². The normalized spacial score (nSPS) is 11.9. The Balaban J connectivity index is 4.27. The fourth-order valence-corrected chi connectivity index (χ4v) is 8.98. The minimum absolute atomic E-state index is 0.0610. The summed E-state index contributed by atoms with van der Waals surface area (Å²) >= 11 is 0. The Morgan fingerprint density at radius 1 is 0.250 bits per heavy atom. The first-order chi connectivity index (χ1) is 31.5. The van der Waals surface area contributed by atoms with Gasteiger partial charge in [0.05, 0.1) is 0 Å². The molecule has 0 aliphatic heterocycles. The SMILES string of the molecule is CCCCCCCCCCCCCCCCCCCCC(=O)OC[C@@H](COC(=O)CCCCCCCCCCCCCCCC)OC(=O)CCCCCCCCCCCCCCCC. The number of hydrogen-bond acceptors (Lipinski definition) is 6. The van der Waals surface area contributed by atoms with E-state index in [0.29, 0.717) is 19.3 Å². The number of carbonyl (C=O) groups is 3. The second-order valence-electron chi connectivity index (χ2n) is 19.9. The van der Waals surface area contributed by atoms with Crippen molar-refractivity contribution in [3.05, 3.63) is 0 Å². The van der Waals surface area contributed by atoms with Crippen molar-refractivity contribution in [1.82, 2.24) is 0 Å². The van der Waals surface area contributed by atoms with Crippen molar-refractivity contribution in [3.63, 3.8) is 0 Å². The number of hydrogen-bond donors (Lipinski definition) is 0. The van der Waals surface area contributed by atoms with Gasteiger partial charge in [0.25, 0.3) is 0 Å². The van der Waals surface area contributed by atoms with E-state index in [1.807, 2.05) is 0 Å². The first-order valence-electron chi connectivity index (χ1n) is 29.0. The molecule has 6 nitrogen and oxygen atoms in total. The monoisotopic (exact) mass is 905 g/mol. The van der Waals surface area contributed by atoms with Crippen LogP contribution in [0.25, 0.3) is 0 Å². The fourth-order valence-electron chi connectivity index (χ4n) is 8.98. The van der Waals surface area contributed by atoms with E-state index in [1.165, 1.54) is 238 Å². The van der Waals surface area contributed by atoms with Crippen molar-refractivity contribution < 1.29 is 28.6 Å². The van der Waals surface area contributed by atoms with E-state index in [0.717, 1.165) is 57.8 Å². The van der Waals surface area contributed by atoms with E-state index < -0.39 is 6.10 Å². The Morgan fingerprint density at radius 2 is 0.422 bits per heavy atom. The molecule has 0 aromatic heterocycles. The van der Waals surface area contributed by atoms with Crippen molar-refractivity contribution in [2.24, 2.45) is 0 Å². The number of carbonyl (C=O) groups excluding carboxylic acids is 3. The molecule has 64 heavy (non-hydrogen) atoms. The molecule has 1 atom stereocenters. The average molecular weight is 906 g/mol. The van der Waals surface area contributed by atoms with Crippen LogP contribution in [0, 0.1) is 0 Å². The molecule has 0 heterocycles. The van der Waals surface area contributed by atoms with Crippen LogP contribution in [0.1, 0.15) is 335 Å². The first kappa shape index (κ1) is 62.4. The van der Waals surface area contributed by atoms with Gasteiger partial charge in [0, 0.05) is 19.3 Å². The second-order valence-corrected chi connectivity index (χ2v) is 19.9. The Kier molecular flexibility index (Phi) is 52.7. The zero-order valence-electron chi connectivity index (χ0n) is 43.6. The molecule has 0 aromatic rings. The van der Waals surface area contributed by atoms with Gasteiger partial charge in [-0.25, -0.2) is 0 Å². The highest BCUT2D eigenvalue weighted by Crippen LogP contribution is 2.18. The van der Waals surface area contributed by atoms with Crippen molar-refractivity contribution in [2.45, 2.75) is 341 Å². The highest BCUT2D eigenvalue weighted by Gasteiger charge is 2.19. The van der Waals surface area contributed by atoms with Gasteiger partial charge < -0.3 is 14.2 Å². The molecule has 0 aliphatic rings. The molecule has 6 heteroatoms. The molecule has 0 aliphatic carbocycles. The summed E-state index contributed by atoms with van der Waals surface area (Å²) in [7, 11) is 0. The third-order valence-corrected chi connectivity index (χ3v) is 13.4. The van der Waals surface area contributed by atoms with E-state index in [1.54, 1.807) is 0 Å². The summed E-state index contributed by atoms with van der Waals surface area (Å²) in [5, 5.41) is 0. The van der Waals surface area contributed by atoms with Gasteiger partial charge in [0.2, 0.25) is 0 Å². The lowest BCUT2D eigenvalue weighted by molar-refractivity contribution is -0.167. The highest BCUT2D eigenvalue weighted by atomic mass is 16.6. The molecule has 0 spiro atoms. The van der Waals surface area contributed by atoms with E-state index in [-0.39, 0.29) is 31.1 Å². The lowest BCUT2D eigenvalue weighted by Crippen LogP contribution is -2.30. The standard InChI is InChI=1S/C58H112O6/c1-4-7-10-13-16-19-22-25-28-29-30-31-34-36-39-42-45-48-51-57(60)63-54-55(64-58(61)52-49-46-43-40-37-33-27-24-21-18-15-12-9-6-3)53-62-56(59)50-47-44-41-38-35-32-26-23-20-17-14-11-8-5-2/h55H,4-54H2,1-3H3/t55-/m1/s1. The molecular weight excluding hydrogens is 793 g/mol. The quantitative estimate of drug-likeness (QED) is 0.0344. The summed E-state index contributed by atoms with van der Waals surface area (Å²) < 4.78 is 16.9. The predicted octanol–water partition coefficient (Wildman–Crippen LogP) is 19.2. The zero-order valence-corrected chi connectivity index (χ0v) is 43.6. The molecule has 0 amide bonds. The third-order valence-electron chi connectivity index (χ3n) is 13.4. The van der Waals surface area contributed by atoms with Crippen LogP contribution in [0.3, 0.4) is 0 Å². The van der Waals surface area contributed by atoms with E-state index in [4.69, 9.17) is 14.2 Å². The van der Waals surface area contributed by atoms with Crippen LogP contribution in [-0.4, -0.2) is 37.2 Å². The van der Waals surface area contributed by atoms with Crippen LogP contribution < -0.4 is 0 Å². The lowest BCUT2D eigenvalue weighted by atomic mass is 10.0. The van der Waals surface area contributed by atoms with Crippen LogP contribution in [0.2, 0.25) is 0 Å². The molecular formula is C58H112O6. The molecule has 0 radical (unpaired) electrons. The van der Waals surface area contributed by atoms with Crippen LogP contribution in [0.15, 0.2) is 0 Å². The summed E-state index contributed by atoms with van der Waals surface area (Å²) in [6, 6.07) is 0. The summed E-state index contributed by atoms with van der Waals surface area (Å²) in [6.45, 7) is 6.71. The van der Waals surface area contributed by atoms with E-state index >= 15 is 0 Å². The van der Waals surface area contributed by atoms with Gasteiger partial charge >= 0.3 is 17.9 Å². The van der Waals surface area contributed by atoms with Gasteiger partial charge in [-0.2, -0.15) is 0 Å². The number of rotatable bonds is 54. The Morgan fingerprint density at radius 3 is 0.625 bits per heavy atom. The highest BCUT2D eigenvalue weighted by molar-refractivity contribution is 5.71. The van der Waals surface area contributed by atoms with Crippen molar-refractivity contribution in [3.8, 4) is 0 Å². The minimum atomic E-state index is -0.760. The summed E-state index contributed by atoms with van der Waals surface area (Å²) in [5.41, 5.74) is 0. The van der Waals surface area contributed by atoms with Gasteiger partial charge in [-0.05, 0) is 19.3 Å². The minimum Gasteiger partial charge on any atom is -0.462 e. The molecule has 0 saturated heterocycles. The molecule has 0 fully saturated rings. The first-order valence-corrected chi connectivity index (χ1v) is 29.0. The molecule has 380 valence electrons. The number of unbranched alkanes of at least 4 members (excludes halogenated alkanes) is 43. The molecule has 0 N–H and O–H groups in total. The van der Waals surface area contributed by atoms with Crippen molar-refractivity contribution in [2.75, 3.05) is 13.2 Å². The Bertz CT molecular complexity index is 951. The number of esters is 3. The largest absolute Gasteiger partial charge is 0.462 e. The van der Waals surface area contributed by atoms with Gasteiger partial charge in [-0.15, -0.1) is 0 Å². The third kappa shape index (κ3) is 51.4. The summed E-state index contributed by atoms with van der Waals surface area (Å²) in [4.78, 5) is 38.1. The summed E-state index contributed by atoms with van der Waals surface area (Å²) in [6.07, 6.45) is 59.5. The molecule has 0 saturated carbocycles. The maximum Gasteiger partial charge on any atom is 0.306 e. The zero-order chi connectivity index (χ0) is 46.5. The predicted molar refractivity (Wildman–Crippen MR) is 275 cm³/mol. The maximum atomic E-state index is 12.8. The topological polar surface area (TPSA) is 78.9 Å². The smallest absolute Gasteiger partial charge is 0.306 e. The maximum absolute atomic E-state index is 12.8.